The number of thioether (sulfide) groups is 1. The Labute approximate surface area is 158 Å². The zero-order valence-corrected chi connectivity index (χ0v) is 16.3. The van der Waals surface area contributed by atoms with Crippen molar-refractivity contribution in [1.82, 2.24) is 0 Å². The van der Waals surface area contributed by atoms with Gasteiger partial charge >= 0.3 is 0 Å². The Hall–Kier alpha value is -1.11. The molecule has 0 unspecified atom stereocenters. The first-order chi connectivity index (χ1) is 10.9. The first kappa shape index (κ1) is 16.7. The largest absolute Gasteiger partial charge is 0.279 e. The molecule has 0 fully saturated rings. The van der Waals surface area contributed by atoms with Crippen molar-refractivity contribution in [2.45, 2.75) is 13.8 Å². The maximum atomic E-state index is 12.3. The summed E-state index contributed by atoms with van der Waals surface area (Å²) >= 11 is 9.61. The normalized spacial score (nSPS) is 16.1. The molecule has 3 rings (SSSR count). The van der Waals surface area contributed by atoms with Crippen LogP contribution in [0.25, 0.3) is 6.08 Å². The monoisotopic (exact) mass is 453 g/mol. The third-order valence-electron chi connectivity index (χ3n) is 3.51. The molecule has 0 bridgehead atoms. The fourth-order valence-corrected chi connectivity index (χ4v) is 3.81. The number of halogens is 2. The van der Waals surface area contributed by atoms with E-state index in [0.29, 0.717) is 15.8 Å². The van der Waals surface area contributed by atoms with Gasteiger partial charge in [0.2, 0.25) is 5.12 Å². The summed E-state index contributed by atoms with van der Waals surface area (Å²) in [5.74, 6) is 0. The molecule has 1 aliphatic heterocycles. The minimum atomic E-state index is -0.0455. The van der Waals surface area contributed by atoms with Gasteiger partial charge in [0.05, 0.1) is 5.02 Å². The number of carbonyl (C=O) groups is 1. The third kappa shape index (κ3) is 3.70. The van der Waals surface area contributed by atoms with Gasteiger partial charge in [0.15, 0.2) is 0 Å². The van der Waals surface area contributed by atoms with Crippen molar-refractivity contribution in [1.29, 1.82) is 0 Å². The van der Waals surface area contributed by atoms with Gasteiger partial charge in [-0.15, -0.1) is 0 Å². The summed E-state index contributed by atoms with van der Waals surface area (Å²) in [5, 5.41) is 1.23. The summed E-state index contributed by atoms with van der Waals surface area (Å²) < 4.78 is 1.06. The van der Waals surface area contributed by atoms with Crippen LogP contribution in [0.3, 0.4) is 0 Å². The van der Waals surface area contributed by atoms with E-state index in [-0.39, 0.29) is 5.12 Å². The molecule has 0 spiro atoms. The molecule has 0 amide bonds. The number of nitrogens with zero attached hydrogens (tertiary/aromatic N) is 1. The van der Waals surface area contributed by atoms with Crippen molar-refractivity contribution in [3.8, 4) is 0 Å². The van der Waals surface area contributed by atoms with Crippen LogP contribution in [0.15, 0.2) is 47.1 Å². The van der Waals surface area contributed by atoms with E-state index in [1.807, 2.05) is 38.1 Å². The highest BCUT2D eigenvalue weighted by molar-refractivity contribution is 14.1. The number of hydrogen-bond acceptors (Lipinski definition) is 3. The lowest BCUT2D eigenvalue weighted by Crippen LogP contribution is -1.95. The van der Waals surface area contributed by atoms with E-state index in [1.165, 1.54) is 0 Å². The second kappa shape index (κ2) is 6.79. The van der Waals surface area contributed by atoms with Gasteiger partial charge in [0, 0.05) is 9.13 Å². The first-order valence-electron chi connectivity index (χ1n) is 6.99. The molecule has 0 radical (unpaired) electrons. The van der Waals surface area contributed by atoms with Gasteiger partial charge in [-0.3, -0.25) is 4.79 Å². The van der Waals surface area contributed by atoms with Gasteiger partial charge in [0.25, 0.3) is 0 Å². The molecule has 0 atom stereocenters. The molecule has 2 aromatic rings. The predicted molar refractivity (Wildman–Crippen MR) is 107 cm³/mol. The third-order valence-corrected chi connectivity index (χ3v) is 5.41. The first-order valence-corrected chi connectivity index (χ1v) is 9.26. The van der Waals surface area contributed by atoms with Crippen molar-refractivity contribution in [2.75, 3.05) is 0 Å². The Kier molecular flexibility index (Phi) is 4.94. The van der Waals surface area contributed by atoms with E-state index < -0.39 is 0 Å². The van der Waals surface area contributed by atoms with Gasteiger partial charge in [0.1, 0.15) is 10.7 Å². The molecule has 2 aromatic carbocycles. The Morgan fingerprint density at radius 2 is 1.96 bits per heavy atom. The standard InChI is InChI=1S/C18H13ClINOS/c1-10-3-4-11(2)12(7-10)8-16-18(22)23-17(21-16)14-9-13(20)5-6-15(14)19/h3-9H,1-2H3/b16-8+. The summed E-state index contributed by atoms with van der Waals surface area (Å²) in [6, 6.07) is 11.9. The second-order valence-corrected chi connectivity index (χ2v) is 7.93. The van der Waals surface area contributed by atoms with Crippen LogP contribution in [-0.2, 0) is 4.79 Å². The van der Waals surface area contributed by atoms with Crippen molar-refractivity contribution in [2.24, 2.45) is 4.99 Å². The molecule has 5 heteroatoms. The van der Waals surface area contributed by atoms with Gasteiger partial charge in [-0.25, -0.2) is 4.99 Å². The summed E-state index contributed by atoms with van der Waals surface area (Å²) in [6.07, 6.45) is 1.85. The molecule has 0 N–H and O–H groups in total. The second-order valence-electron chi connectivity index (χ2n) is 5.32. The van der Waals surface area contributed by atoms with Crippen LogP contribution in [0, 0.1) is 17.4 Å². The van der Waals surface area contributed by atoms with Gasteiger partial charge in [-0.2, -0.15) is 0 Å². The quantitative estimate of drug-likeness (QED) is 0.436. The maximum Gasteiger partial charge on any atom is 0.244 e. The maximum absolute atomic E-state index is 12.3. The number of aliphatic imine (C=N–C) groups is 1. The highest BCUT2D eigenvalue weighted by atomic mass is 127. The van der Waals surface area contributed by atoms with E-state index in [1.54, 1.807) is 0 Å². The fraction of sp³-hybridized carbons (Fsp3) is 0.111. The van der Waals surface area contributed by atoms with Crippen LogP contribution >= 0.6 is 46.0 Å². The van der Waals surface area contributed by atoms with Crippen LogP contribution in [0.5, 0.6) is 0 Å². The lowest BCUT2D eigenvalue weighted by Gasteiger charge is -2.02. The molecule has 116 valence electrons. The van der Waals surface area contributed by atoms with E-state index in [2.05, 4.69) is 45.8 Å². The van der Waals surface area contributed by atoms with Gasteiger partial charge < -0.3 is 0 Å². The Bertz CT molecular complexity index is 873. The molecule has 0 aromatic heterocycles. The lowest BCUT2D eigenvalue weighted by molar-refractivity contribution is -0.107. The van der Waals surface area contributed by atoms with E-state index in [4.69, 9.17) is 11.6 Å². The van der Waals surface area contributed by atoms with Crippen LogP contribution in [0.1, 0.15) is 22.3 Å². The summed E-state index contributed by atoms with van der Waals surface area (Å²) in [4.78, 5) is 16.8. The van der Waals surface area contributed by atoms with Crippen LogP contribution in [0.4, 0.5) is 0 Å². The highest BCUT2D eigenvalue weighted by Crippen LogP contribution is 2.33. The molecule has 0 aliphatic carbocycles. The Morgan fingerprint density at radius 3 is 2.74 bits per heavy atom. The average molecular weight is 454 g/mol. The molecular formula is C18H13ClINOS. The Morgan fingerprint density at radius 1 is 1.17 bits per heavy atom. The molecule has 0 saturated carbocycles. The zero-order chi connectivity index (χ0) is 16.6. The Balaban J connectivity index is 2.03. The highest BCUT2D eigenvalue weighted by Gasteiger charge is 2.25. The summed E-state index contributed by atoms with van der Waals surface area (Å²) in [5.41, 5.74) is 4.57. The molecule has 1 heterocycles. The molecule has 0 saturated heterocycles. The van der Waals surface area contributed by atoms with Crippen LogP contribution in [-0.4, -0.2) is 10.2 Å². The fourth-order valence-electron chi connectivity index (χ4n) is 2.25. The van der Waals surface area contributed by atoms with Crippen molar-refractivity contribution in [3.63, 3.8) is 0 Å². The molecule has 2 nitrogen and oxygen atoms in total. The lowest BCUT2D eigenvalue weighted by atomic mass is 10.0. The van der Waals surface area contributed by atoms with Crippen LogP contribution < -0.4 is 0 Å². The SMILES string of the molecule is Cc1ccc(C)c(/C=C2/N=C(c3cc(I)ccc3Cl)SC2=O)c1. The van der Waals surface area contributed by atoms with Gasteiger partial charge in [-0.1, -0.05) is 35.4 Å². The van der Waals surface area contributed by atoms with E-state index in [9.17, 15) is 4.79 Å². The molecule has 23 heavy (non-hydrogen) atoms. The summed E-state index contributed by atoms with van der Waals surface area (Å²) in [6.45, 7) is 4.06. The number of benzene rings is 2. The topological polar surface area (TPSA) is 29.4 Å². The predicted octanol–water partition coefficient (Wildman–Crippen LogP) is 5.62. The van der Waals surface area contributed by atoms with E-state index >= 15 is 0 Å². The van der Waals surface area contributed by atoms with Crippen LogP contribution in [0.2, 0.25) is 5.02 Å². The molecular weight excluding hydrogens is 441 g/mol. The number of hydrogen-bond donors (Lipinski definition) is 0. The number of rotatable bonds is 2. The number of carbonyl (C=O) groups excluding carboxylic acids is 1. The average Bonchev–Trinajstić information content (AvgIpc) is 2.86. The van der Waals surface area contributed by atoms with Gasteiger partial charge in [-0.05, 0) is 83.6 Å². The van der Waals surface area contributed by atoms with E-state index in [0.717, 1.165) is 37.6 Å². The minimum Gasteiger partial charge on any atom is -0.279 e. The van der Waals surface area contributed by atoms with Crippen molar-refractivity contribution in [3.05, 3.63) is 72.9 Å². The minimum absolute atomic E-state index is 0.0455. The van der Waals surface area contributed by atoms with Crippen molar-refractivity contribution >= 4 is 62.2 Å². The smallest absolute Gasteiger partial charge is 0.244 e. The zero-order valence-electron chi connectivity index (χ0n) is 12.6. The number of aryl methyl sites for hydroxylation is 2. The summed E-state index contributed by atoms with van der Waals surface area (Å²) in [7, 11) is 0. The van der Waals surface area contributed by atoms with Crippen molar-refractivity contribution < 1.29 is 4.79 Å². The molecule has 1 aliphatic rings.